The van der Waals surface area contributed by atoms with Crippen LogP contribution in [0, 0.1) is 0 Å². The average molecular weight is 1440 g/mol. The highest BCUT2D eigenvalue weighted by Gasteiger charge is 2.59. The molecule has 0 aromatic heterocycles. The van der Waals surface area contributed by atoms with Gasteiger partial charge in [0.25, 0.3) is 0 Å². The topological polar surface area (TPSA) is 691 Å². The van der Waals surface area contributed by atoms with Gasteiger partial charge in [-0.05, 0) is 0 Å². The highest BCUT2D eigenvalue weighted by molar-refractivity contribution is 5.74. The van der Waals surface area contributed by atoms with Crippen molar-refractivity contribution in [3.8, 4) is 0 Å². The predicted molar refractivity (Wildman–Crippen MR) is 299 cm³/mol. The lowest BCUT2D eigenvalue weighted by atomic mass is 9.94. The van der Waals surface area contributed by atoms with Gasteiger partial charge in [-0.1, -0.05) is 0 Å². The molecule has 44 nitrogen and oxygen atoms in total. The minimum atomic E-state index is -2.46. The first-order valence-electron chi connectivity index (χ1n) is 31.1. The van der Waals surface area contributed by atoms with E-state index in [2.05, 4.69) is 16.0 Å². The van der Waals surface area contributed by atoms with E-state index in [1.165, 1.54) is 0 Å². The highest BCUT2D eigenvalue weighted by atomic mass is 16.8. The Labute approximate surface area is 554 Å². The number of hydrogen-bond donors (Lipinski definition) is 26. The first-order chi connectivity index (χ1) is 46.3. The second-order valence-corrected chi connectivity index (χ2v) is 24.7. The van der Waals surface area contributed by atoms with Gasteiger partial charge in [0.15, 0.2) is 50.3 Å². The molecule has 8 aliphatic rings. The molecule has 3 amide bonds. The van der Waals surface area contributed by atoms with Crippen molar-refractivity contribution in [1.82, 2.24) is 16.0 Å². The smallest absolute Gasteiger partial charge is 0.217 e. The SMILES string of the molecule is CC(=O)N[C@@H]1[C@@H](O)[C@H](O[C@@H]2O[C@H](CO)[C@@H](O[C@@H]3O[C@H](CO[C@H]4O[C@H](CO[C@H]5O[C@H](CO)[C@@H](O)[C@H](O)[C@@H]5O)[C@@H](O)[C@H](O[C@H]5O[C@H](CO)[C@@H](O)[C@H](O)[C@@H]5O)[C@@H]4O)[C@@H](O)[C@H](O[C@H]4O[C@H](CO)[C@@H](OC5O[C@H](CO)[C@@H](O)[C@H](O)[C@H]5NC(C)=O)[C@H](O)[C@@H]4O)[C@@H]3O)[C@H](O)[C@H]2NC(C)=O)[C@@H](CO)O[C@H]1O. The molecule has 8 rings (SSSR count). The third kappa shape index (κ3) is 17.6. The molecule has 8 heterocycles. The predicted octanol–water partition coefficient (Wildman–Crippen LogP) is -18.0. The molecule has 0 aliphatic carbocycles. The lowest BCUT2D eigenvalue weighted by molar-refractivity contribution is -0.391. The fraction of sp³-hybridized carbons (Fsp3) is 0.944. The maximum atomic E-state index is 12.8. The number of amides is 3. The Balaban J connectivity index is 1.10. The normalized spacial score (nSPS) is 49.5. The van der Waals surface area contributed by atoms with Crippen LogP contribution in [-0.4, -0.2) is 433 Å². The zero-order valence-electron chi connectivity index (χ0n) is 52.4. The van der Waals surface area contributed by atoms with Crippen LogP contribution in [0.2, 0.25) is 0 Å². The maximum Gasteiger partial charge on any atom is 0.217 e. The summed E-state index contributed by atoms with van der Waals surface area (Å²) in [6, 6.07) is -5.12. The lowest BCUT2D eigenvalue weighted by Gasteiger charge is -2.50. The van der Waals surface area contributed by atoms with Crippen molar-refractivity contribution in [2.75, 3.05) is 52.9 Å². The molecule has 8 fully saturated rings. The number of rotatable bonds is 25. The van der Waals surface area contributed by atoms with Crippen LogP contribution in [0.15, 0.2) is 0 Å². The van der Waals surface area contributed by atoms with Crippen LogP contribution in [0.5, 0.6) is 0 Å². The van der Waals surface area contributed by atoms with Crippen LogP contribution in [0.25, 0.3) is 0 Å². The van der Waals surface area contributed by atoms with Crippen molar-refractivity contribution in [1.29, 1.82) is 0 Å². The third-order valence-corrected chi connectivity index (χ3v) is 17.8. The Bertz CT molecular complexity index is 2510. The third-order valence-electron chi connectivity index (χ3n) is 17.8. The number of carbonyl (C=O) groups is 3. The number of carbonyl (C=O) groups excluding carboxylic acids is 3. The van der Waals surface area contributed by atoms with Crippen molar-refractivity contribution < 1.29 is 203 Å². The summed E-state index contributed by atoms with van der Waals surface area (Å²) in [6.07, 6.45) is -74.8. The van der Waals surface area contributed by atoms with E-state index < -0.39 is 316 Å². The van der Waals surface area contributed by atoms with E-state index in [9.17, 15) is 132 Å². The quantitative estimate of drug-likeness (QED) is 0.0404. The molecule has 0 aromatic carbocycles. The van der Waals surface area contributed by atoms with Crippen molar-refractivity contribution in [2.45, 2.75) is 266 Å². The van der Waals surface area contributed by atoms with Crippen LogP contribution in [0.1, 0.15) is 20.8 Å². The summed E-state index contributed by atoms with van der Waals surface area (Å²) in [5.41, 5.74) is 0. The van der Waals surface area contributed by atoms with E-state index in [0.717, 1.165) is 20.8 Å². The van der Waals surface area contributed by atoms with E-state index in [-0.39, 0.29) is 0 Å². The number of nitrogens with one attached hydrogen (secondary N) is 3. The second-order valence-electron chi connectivity index (χ2n) is 24.7. The Morgan fingerprint density at radius 1 is 0.265 bits per heavy atom. The van der Waals surface area contributed by atoms with Crippen molar-refractivity contribution in [3.63, 3.8) is 0 Å². The Morgan fingerprint density at radius 2 is 0.541 bits per heavy atom. The molecular formula is C54H91N3O41. The number of ether oxygens (including phenoxy) is 15. The fourth-order valence-electron chi connectivity index (χ4n) is 12.5. The van der Waals surface area contributed by atoms with E-state index in [1.54, 1.807) is 0 Å². The molecule has 98 heavy (non-hydrogen) atoms. The molecule has 568 valence electrons. The van der Waals surface area contributed by atoms with Gasteiger partial charge in [-0.2, -0.15) is 0 Å². The molecule has 1 unspecified atom stereocenters. The number of hydrogen-bond acceptors (Lipinski definition) is 41. The van der Waals surface area contributed by atoms with Crippen LogP contribution < -0.4 is 16.0 Å². The zero-order valence-corrected chi connectivity index (χ0v) is 52.4. The van der Waals surface area contributed by atoms with Crippen molar-refractivity contribution in [2.24, 2.45) is 0 Å². The van der Waals surface area contributed by atoms with E-state index in [4.69, 9.17) is 71.1 Å². The number of aliphatic hydroxyl groups is 23. The van der Waals surface area contributed by atoms with Gasteiger partial charge in [0.2, 0.25) is 17.7 Å². The number of aliphatic hydroxyl groups excluding tert-OH is 23. The molecule has 26 N–H and O–H groups in total. The van der Waals surface area contributed by atoms with Crippen LogP contribution in [0.3, 0.4) is 0 Å². The van der Waals surface area contributed by atoms with Gasteiger partial charge >= 0.3 is 0 Å². The van der Waals surface area contributed by atoms with Crippen molar-refractivity contribution in [3.05, 3.63) is 0 Å². The summed E-state index contributed by atoms with van der Waals surface area (Å²) in [7, 11) is 0. The molecule has 0 bridgehead atoms. The van der Waals surface area contributed by atoms with E-state index >= 15 is 0 Å². The van der Waals surface area contributed by atoms with Gasteiger partial charge in [0.1, 0.15) is 195 Å². The molecule has 0 aromatic rings. The minimum absolute atomic E-state index is 0.764. The van der Waals surface area contributed by atoms with Crippen LogP contribution in [-0.2, 0) is 85.4 Å². The molecule has 8 saturated heterocycles. The summed E-state index contributed by atoms with van der Waals surface area (Å²) in [6.45, 7) is -5.17. The molecule has 0 spiro atoms. The largest absolute Gasteiger partial charge is 0.394 e. The summed E-state index contributed by atoms with van der Waals surface area (Å²) >= 11 is 0. The van der Waals surface area contributed by atoms with E-state index in [0.29, 0.717) is 0 Å². The average Bonchev–Trinajstić information content (AvgIpc) is 0.775. The van der Waals surface area contributed by atoms with Gasteiger partial charge in [-0.15, -0.1) is 0 Å². The summed E-state index contributed by atoms with van der Waals surface area (Å²) < 4.78 is 86.8. The van der Waals surface area contributed by atoms with E-state index in [1.807, 2.05) is 0 Å². The van der Waals surface area contributed by atoms with Crippen LogP contribution >= 0.6 is 0 Å². The molecule has 44 heteroatoms. The Kier molecular flexibility index (Phi) is 28.9. The second kappa shape index (κ2) is 35.1. The van der Waals surface area contributed by atoms with Gasteiger partial charge in [0, 0.05) is 20.8 Å². The van der Waals surface area contributed by atoms with Gasteiger partial charge in [0.05, 0.1) is 52.9 Å². The molecule has 0 radical (unpaired) electrons. The summed E-state index contributed by atoms with van der Waals surface area (Å²) in [5, 5.41) is 259. The van der Waals surface area contributed by atoms with Gasteiger partial charge in [-0.3, -0.25) is 14.4 Å². The zero-order chi connectivity index (χ0) is 72.2. The summed E-state index contributed by atoms with van der Waals surface area (Å²) in [4.78, 5) is 37.1. The minimum Gasteiger partial charge on any atom is -0.394 e. The van der Waals surface area contributed by atoms with Gasteiger partial charge < -0.3 is 204 Å². The molecular weight excluding hydrogens is 1350 g/mol. The first-order valence-corrected chi connectivity index (χ1v) is 31.1. The molecule has 0 saturated carbocycles. The van der Waals surface area contributed by atoms with Crippen LogP contribution in [0.4, 0.5) is 0 Å². The van der Waals surface area contributed by atoms with Gasteiger partial charge in [-0.25, -0.2) is 0 Å². The molecule has 40 atom stereocenters. The Morgan fingerprint density at radius 3 is 0.990 bits per heavy atom. The lowest BCUT2D eigenvalue weighted by Crippen LogP contribution is -2.70. The maximum absolute atomic E-state index is 12.8. The Hall–Kier alpha value is -3.11. The van der Waals surface area contributed by atoms with Crippen molar-refractivity contribution >= 4 is 17.7 Å². The first kappa shape index (κ1) is 80.6. The monoisotopic (exact) mass is 1440 g/mol. The highest BCUT2D eigenvalue weighted by Crippen LogP contribution is 2.38. The fourth-order valence-corrected chi connectivity index (χ4v) is 12.5. The standard InChI is InChI=1S/C54H91N3O41/c1-12(64)55-23-32(73)42(18(7-61)86-47(23)83)94-49-25(57-14(3)66)33(74)43(19(8-62)90-49)96-54-41(82)46(98-53-39(80)36(77)44(20(9-63)91-53)95-48-24(56-13(2)65)31(72)26(67)15(4-58)87-48)30(71)22(93-54)11-85-51-40(81)45(97-52-38(79)35(76)28(69)17(6-60)89-52)29(70)21(92-51)10-84-50-37(78)34(75)27(68)16(5-59)88-50/h15-54,58-63,67-83H,4-11H2,1-3H3,(H,55,64)(H,56,65)(H,57,66)/t15-,16-,17-,18-,19-,20-,21-,22-,23-,24-,25-,26-,27-,28-,29-,30-,31-,32-,33-,34+,35+,36-,37+,38+,39+,40+,41+,42-,43-,44-,45+,46+,47-,48?,49+,50+,51+,52-,53-,54+/m1/s1. The summed E-state index contributed by atoms with van der Waals surface area (Å²) in [5.74, 6) is -2.47. The molecule has 8 aliphatic heterocycles.